The Balaban J connectivity index is 1.41. The third kappa shape index (κ3) is 8.57. The van der Waals surface area contributed by atoms with Gasteiger partial charge in [-0.3, -0.25) is 14.3 Å². The minimum atomic E-state index is -0.602. The average molecular weight is 561 g/mol. The van der Waals surface area contributed by atoms with Crippen LogP contribution in [0, 0.1) is 5.92 Å². The molecule has 0 spiro atoms. The molecule has 3 aromatic rings. The number of nitrogens with zero attached hydrogens (tertiary/aromatic N) is 3. The van der Waals surface area contributed by atoms with Crippen LogP contribution in [0.5, 0.6) is 11.5 Å². The summed E-state index contributed by atoms with van der Waals surface area (Å²) in [6.07, 6.45) is 8.26. The largest absolute Gasteiger partial charge is 0.493 e. The summed E-state index contributed by atoms with van der Waals surface area (Å²) in [5.74, 6) is 0.851. The molecule has 4 rings (SSSR count). The zero-order valence-electron chi connectivity index (χ0n) is 24.1. The second kappa shape index (κ2) is 14.3. The van der Waals surface area contributed by atoms with Gasteiger partial charge in [-0.1, -0.05) is 56.4 Å². The Morgan fingerprint density at radius 3 is 2.54 bits per heavy atom. The van der Waals surface area contributed by atoms with Gasteiger partial charge >= 0.3 is 0 Å². The monoisotopic (exact) mass is 560 g/mol. The summed E-state index contributed by atoms with van der Waals surface area (Å²) in [6, 6.07) is 14.6. The molecule has 0 bridgehead atoms. The summed E-state index contributed by atoms with van der Waals surface area (Å²) in [6.45, 7) is 0.359. The molecule has 2 aromatic carbocycles. The fourth-order valence-electron chi connectivity index (χ4n) is 5.26. The first-order valence-electron chi connectivity index (χ1n) is 14.1. The lowest BCUT2D eigenvalue weighted by atomic mass is 9.84. The highest BCUT2D eigenvalue weighted by Gasteiger charge is 2.25. The zero-order chi connectivity index (χ0) is 29.2. The molecular weight excluding hydrogens is 520 g/mol. The Hall–Kier alpha value is -4.34. The van der Waals surface area contributed by atoms with Crippen molar-refractivity contribution in [2.75, 3.05) is 14.2 Å². The summed E-state index contributed by atoms with van der Waals surface area (Å²) in [7, 11) is 4.97. The molecule has 1 aliphatic carbocycles. The number of hydrogen-bond acceptors (Lipinski definition) is 5. The first-order valence-corrected chi connectivity index (χ1v) is 14.1. The van der Waals surface area contributed by atoms with E-state index in [1.165, 1.54) is 13.5 Å². The number of guanidine groups is 1. The molecule has 41 heavy (non-hydrogen) atoms. The number of benzene rings is 2. The number of nitrogens with one attached hydrogen (secondary N) is 2. The molecule has 1 unspecified atom stereocenters. The number of carbonyl (C=O) groups is 2. The van der Waals surface area contributed by atoms with Gasteiger partial charge in [0.15, 0.2) is 17.5 Å². The number of hydrogen-bond donors (Lipinski definition) is 3. The topological polar surface area (TPSA) is 133 Å². The van der Waals surface area contributed by atoms with Crippen LogP contribution in [0.15, 0.2) is 59.7 Å². The van der Waals surface area contributed by atoms with Crippen molar-refractivity contribution in [2.45, 2.75) is 57.5 Å². The molecule has 2 amide bonds. The second-order valence-electron chi connectivity index (χ2n) is 10.5. The Morgan fingerprint density at radius 2 is 1.83 bits per heavy atom. The van der Waals surface area contributed by atoms with Gasteiger partial charge in [0.2, 0.25) is 5.91 Å². The van der Waals surface area contributed by atoms with Crippen LogP contribution in [0.25, 0.3) is 11.3 Å². The lowest BCUT2D eigenvalue weighted by molar-refractivity contribution is -0.123. The predicted octanol–water partition coefficient (Wildman–Crippen LogP) is 3.73. The van der Waals surface area contributed by atoms with Crippen molar-refractivity contribution in [3.05, 3.63) is 65.9 Å². The number of nitrogens with two attached hydrogens (primary N) is 1. The summed E-state index contributed by atoms with van der Waals surface area (Å²) < 4.78 is 12.3. The highest BCUT2D eigenvalue weighted by atomic mass is 16.5. The molecule has 0 radical (unpaired) electrons. The van der Waals surface area contributed by atoms with E-state index in [-0.39, 0.29) is 18.3 Å². The van der Waals surface area contributed by atoms with Crippen LogP contribution in [0.3, 0.4) is 0 Å². The van der Waals surface area contributed by atoms with Gasteiger partial charge in [-0.15, -0.1) is 0 Å². The molecule has 1 aliphatic rings. The van der Waals surface area contributed by atoms with E-state index in [0.29, 0.717) is 35.9 Å². The fourth-order valence-corrected chi connectivity index (χ4v) is 5.26. The number of aryl methyl sites for hydroxylation is 1. The lowest BCUT2D eigenvalue weighted by Gasteiger charge is -2.27. The number of aliphatic imine (C=N–C) groups is 1. The van der Waals surface area contributed by atoms with Gasteiger partial charge in [0, 0.05) is 25.4 Å². The van der Waals surface area contributed by atoms with Crippen molar-refractivity contribution < 1.29 is 19.1 Å². The molecule has 10 heteroatoms. The summed E-state index contributed by atoms with van der Waals surface area (Å²) in [5.41, 5.74) is 9.69. The average Bonchev–Trinajstić information content (AvgIpc) is 3.42. The zero-order valence-corrected chi connectivity index (χ0v) is 24.1. The Morgan fingerprint density at radius 1 is 1.05 bits per heavy atom. The van der Waals surface area contributed by atoms with Gasteiger partial charge in [-0.05, 0) is 47.7 Å². The van der Waals surface area contributed by atoms with E-state index in [1.807, 2.05) is 43.6 Å². The van der Waals surface area contributed by atoms with Crippen LogP contribution in [-0.2, 0) is 29.6 Å². The van der Waals surface area contributed by atoms with Crippen molar-refractivity contribution in [3.63, 3.8) is 0 Å². The first kappa shape index (κ1) is 29.6. The van der Waals surface area contributed by atoms with Gasteiger partial charge < -0.3 is 25.8 Å². The van der Waals surface area contributed by atoms with Crippen LogP contribution < -0.4 is 25.8 Å². The van der Waals surface area contributed by atoms with Crippen LogP contribution in [0.4, 0.5) is 0 Å². The van der Waals surface area contributed by atoms with Crippen molar-refractivity contribution in [2.24, 2.45) is 23.7 Å². The van der Waals surface area contributed by atoms with Crippen LogP contribution in [0.1, 0.15) is 49.7 Å². The second-order valence-corrected chi connectivity index (χ2v) is 10.5. The molecular formula is C31H40N6O4. The minimum Gasteiger partial charge on any atom is -0.493 e. The third-order valence-corrected chi connectivity index (χ3v) is 7.38. The van der Waals surface area contributed by atoms with Gasteiger partial charge in [0.25, 0.3) is 5.91 Å². The number of rotatable bonds is 11. The highest BCUT2D eigenvalue weighted by Crippen LogP contribution is 2.28. The van der Waals surface area contributed by atoms with Crippen LogP contribution in [0.2, 0.25) is 0 Å². The number of amides is 2. The van der Waals surface area contributed by atoms with Crippen molar-refractivity contribution in [3.8, 4) is 22.8 Å². The van der Waals surface area contributed by atoms with Gasteiger partial charge in [0.05, 0.1) is 26.3 Å². The van der Waals surface area contributed by atoms with E-state index < -0.39 is 11.9 Å². The molecule has 1 saturated carbocycles. The summed E-state index contributed by atoms with van der Waals surface area (Å²) in [4.78, 5) is 30.1. The summed E-state index contributed by atoms with van der Waals surface area (Å²) in [5, 5.41) is 10.5. The normalized spacial score (nSPS) is 14.8. The van der Waals surface area contributed by atoms with E-state index in [9.17, 15) is 9.59 Å². The maximum atomic E-state index is 13.4. The van der Waals surface area contributed by atoms with E-state index in [4.69, 9.17) is 15.2 Å². The predicted molar refractivity (Wildman–Crippen MR) is 158 cm³/mol. The molecule has 1 atom stereocenters. The molecule has 4 N–H and O–H groups in total. The Kier molecular flexibility index (Phi) is 10.4. The number of aromatic nitrogens is 2. The highest BCUT2D eigenvalue weighted by molar-refractivity contribution is 5.95. The SMILES string of the molecule is COc1ccc(CC(=O)N=C(N)NC(CC2CCCCC2)C(=O)NCc2cccc(-c3ccn(C)n3)c2)cc1OC. The van der Waals surface area contributed by atoms with Crippen LogP contribution >= 0.6 is 0 Å². The molecule has 1 fully saturated rings. The van der Waals surface area contributed by atoms with Crippen molar-refractivity contribution in [1.82, 2.24) is 20.4 Å². The standard InChI is InChI=1S/C31H40N6O4/c1-37-15-14-25(36-37)24-11-7-10-23(16-24)20-33-30(39)26(17-21-8-5-4-6-9-21)34-31(32)35-29(38)19-22-12-13-27(40-2)28(18-22)41-3/h7,10-16,18,21,26H,4-6,8-9,17,19-20H2,1-3H3,(H,33,39)(H3,32,34,35,38). The molecule has 1 heterocycles. The molecule has 1 aromatic heterocycles. The van der Waals surface area contributed by atoms with Gasteiger partial charge in [-0.25, -0.2) is 0 Å². The van der Waals surface area contributed by atoms with Gasteiger partial charge in [-0.2, -0.15) is 10.1 Å². The smallest absolute Gasteiger partial charge is 0.253 e. The quantitative estimate of drug-likeness (QED) is 0.240. The van der Waals surface area contributed by atoms with Crippen molar-refractivity contribution >= 4 is 17.8 Å². The Labute approximate surface area is 241 Å². The van der Waals surface area contributed by atoms with Crippen molar-refractivity contribution in [1.29, 1.82) is 0 Å². The number of methoxy groups -OCH3 is 2. The number of carbonyl (C=O) groups excluding carboxylic acids is 2. The Bertz CT molecular complexity index is 1360. The third-order valence-electron chi connectivity index (χ3n) is 7.38. The molecule has 0 saturated heterocycles. The van der Waals surface area contributed by atoms with Gasteiger partial charge in [0.1, 0.15) is 6.04 Å². The fraction of sp³-hybridized carbons (Fsp3) is 0.419. The van der Waals surface area contributed by atoms with E-state index >= 15 is 0 Å². The van der Waals surface area contributed by atoms with E-state index in [0.717, 1.165) is 42.5 Å². The molecule has 0 aliphatic heterocycles. The summed E-state index contributed by atoms with van der Waals surface area (Å²) >= 11 is 0. The first-order chi connectivity index (χ1) is 19.8. The maximum Gasteiger partial charge on any atom is 0.253 e. The van der Waals surface area contributed by atoms with E-state index in [2.05, 4.69) is 20.7 Å². The lowest BCUT2D eigenvalue weighted by Crippen LogP contribution is -2.50. The number of ether oxygens (including phenoxy) is 2. The van der Waals surface area contributed by atoms with E-state index in [1.54, 1.807) is 30.0 Å². The minimum absolute atomic E-state index is 0.0365. The molecule has 10 nitrogen and oxygen atoms in total. The molecule has 218 valence electrons. The van der Waals surface area contributed by atoms with Crippen LogP contribution in [-0.4, -0.2) is 47.8 Å². The maximum absolute atomic E-state index is 13.4.